The fourth-order valence-corrected chi connectivity index (χ4v) is 2.62. The molecule has 0 radical (unpaired) electrons. The van der Waals surface area contributed by atoms with Crippen LogP contribution in [0.3, 0.4) is 0 Å². The Morgan fingerprint density at radius 2 is 2.29 bits per heavy atom. The second-order valence-electron chi connectivity index (χ2n) is 4.46. The highest BCUT2D eigenvalue weighted by molar-refractivity contribution is 5.70. The van der Waals surface area contributed by atoms with Crippen molar-refractivity contribution < 1.29 is 9.84 Å². The predicted octanol–water partition coefficient (Wildman–Crippen LogP) is -0.745. The fourth-order valence-electron chi connectivity index (χ4n) is 2.62. The molecule has 2 aliphatic heterocycles. The van der Waals surface area contributed by atoms with E-state index in [2.05, 4.69) is 9.97 Å². The summed E-state index contributed by atoms with van der Waals surface area (Å²) in [5.41, 5.74) is 0.760. The van der Waals surface area contributed by atoms with Crippen LogP contribution in [0.15, 0.2) is 17.4 Å². The van der Waals surface area contributed by atoms with Gasteiger partial charge in [-0.25, -0.2) is 4.98 Å². The van der Waals surface area contributed by atoms with Crippen molar-refractivity contribution in [3.05, 3.63) is 23.0 Å². The second-order valence-corrected chi connectivity index (χ2v) is 4.46. The Morgan fingerprint density at radius 1 is 1.41 bits per heavy atom. The third-order valence-electron chi connectivity index (χ3n) is 3.45. The number of fused-ring (bicyclic) bond motifs is 3. The highest BCUT2D eigenvalue weighted by Gasteiger charge is 2.38. The molecule has 0 unspecified atom stereocenters. The normalized spacial score (nSPS) is 30.8. The Kier molecular flexibility index (Phi) is 1.61. The van der Waals surface area contributed by atoms with Gasteiger partial charge < -0.3 is 14.4 Å². The molecule has 3 atom stereocenters. The van der Waals surface area contributed by atoms with Gasteiger partial charge in [-0.2, -0.15) is 4.98 Å². The molecule has 0 aliphatic carbocycles. The standard InChI is InChI=1S/C10H10N4O3/c15-5-1-7-14-4-11-8-9(16)12-3-13(10(8)14)2-6(5)17-7/h3-7,15H,1-2H2/t5-,6+,7+/m0/s1. The lowest BCUT2D eigenvalue weighted by Crippen LogP contribution is -2.27. The van der Waals surface area contributed by atoms with Crippen LogP contribution in [0.2, 0.25) is 0 Å². The first-order chi connectivity index (χ1) is 8.24. The van der Waals surface area contributed by atoms with Crippen molar-refractivity contribution in [1.82, 2.24) is 19.1 Å². The molecule has 7 nitrogen and oxygen atoms in total. The smallest absolute Gasteiger partial charge is 0.300 e. The van der Waals surface area contributed by atoms with Gasteiger partial charge in [-0.3, -0.25) is 9.36 Å². The van der Waals surface area contributed by atoms with E-state index in [9.17, 15) is 9.90 Å². The SMILES string of the molecule is O=c1ncn2c3c1ncn3[C@H]1C[C@H](O)[C@@H](C2)O1. The van der Waals surface area contributed by atoms with Gasteiger partial charge in [-0.1, -0.05) is 0 Å². The number of imidazole rings is 1. The molecule has 88 valence electrons. The van der Waals surface area contributed by atoms with E-state index in [1.165, 1.54) is 6.33 Å². The lowest BCUT2D eigenvalue weighted by molar-refractivity contribution is -0.0180. The minimum atomic E-state index is -0.481. The summed E-state index contributed by atoms with van der Waals surface area (Å²) in [6, 6.07) is 0. The minimum Gasteiger partial charge on any atom is -0.390 e. The molecule has 2 aliphatic rings. The molecule has 1 fully saturated rings. The van der Waals surface area contributed by atoms with Crippen molar-refractivity contribution >= 4 is 11.2 Å². The van der Waals surface area contributed by atoms with Crippen LogP contribution in [0.25, 0.3) is 11.2 Å². The zero-order valence-corrected chi connectivity index (χ0v) is 8.85. The largest absolute Gasteiger partial charge is 0.390 e. The number of hydrogen-bond acceptors (Lipinski definition) is 5. The summed E-state index contributed by atoms with van der Waals surface area (Å²) in [5, 5.41) is 9.84. The first kappa shape index (κ1) is 9.32. The minimum absolute atomic E-state index is 0.240. The van der Waals surface area contributed by atoms with Crippen molar-refractivity contribution in [2.45, 2.75) is 31.4 Å². The Labute approximate surface area is 95.3 Å². The van der Waals surface area contributed by atoms with Gasteiger partial charge in [0.05, 0.1) is 19.0 Å². The lowest BCUT2D eigenvalue weighted by Gasteiger charge is -2.15. The average molecular weight is 234 g/mol. The van der Waals surface area contributed by atoms with Crippen molar-refractivity contribution in [3.8, 4) is 0 Å². The van der Waals surface area contributed by atoms with E-state index in [0.29, 0.717) is 18.5 Å². The van der Waals surface area contributed by atoms with Gasteiger partial charge in [0.25, 0.3) is 0 Å². The highest BCUT2D eigenvalue weighted by Crippen LogP contribution is 2.34. The van der Waals surface area contributed by atoms with Gasteiger partial charge in [0.15, 0.2) is 5.52 Å². The van der Waals surface area contributed by atoms with Gasteiger partial charge in [0, 0.05) is 6.42 Å². The van der Waals surface area contributed by atoms with Gasteiger partial charge >= 0.3 is 5.56 Å². The van der Waals surface area contributed by atoms with Gasteiger partial charge in [0.1, 0.15) is 24.3 Å². The van der Waals surface area contributed by atoms with Gasteiger partial charge in [-0.05, 0) is 0 Å². The molecule has 17 heavy (non-hydrogen) atoms. The zero-order chi connectivity index (χ0) is 11.6. The van der Waals surface area contributed by atoms with Crippen LogP contribution in [0, 0.1) is 0 Å². The average Bonchev–Trinajstić information content (AvgIpc) is 2.83. The monoisotopic (exact) mass is 234 g/mol. The van der Waals surface area contributed by atoms with Crippen molar-refractivity contribution in [2.75, 3.05) is 0 Å². The molecule has 2 aromatic heterocycles. The van der Waals surface area contributed by atoms with Crippen molar-refractivity contribution in [3.63, 3.8) is 0 Å². The number of ether oxygens (including phenoxy) is 1. The number of aromatic nitrogens is 4. The highest BCUT2D eigenvalue weighted by atomic mass is 16.5. The summed E-state index contributed by atoms with van der Waals surface area (Å²) in [6.45, 7) is 0.493. The molecular formula is C10H10N4O3. The van der Waals surface area contributed by atoms with Crippen molar-refractivity contribution in [2.24, 2.45) is 0 Å². The Morgan fingerprint density at radius 3 is 3.18 bits per heavy atom. The molecule has 7 heteroatoms. The quantitative estimate of drug-likeness (QED) is 0.649. The Hall–Kier alpha value is -1.73. The summed E-state index contributed by atoms with van der Waals surface area (Å²) in [6.07, 6.45) is 2.63. The Bertz CT molecular complexity index is 661. The summed E-state index contributed by atoms with van der Waals surface area (Å²) in [5.74, 6) is 0. The molecule has 0 amide bonds. The molecule has 4 heterocycles. The predicted molar refractivity (Wildman–Crippen MR) is 56.3 cm³/mol. The van der Waals surface area contributed by atoms with E-state index in [1.807, 2.05) is 4.57 Å². The van der Waals surface area contributed by atoms with Gasteiger partial charge in [0.2, 0.25) is 0 Å². The molecule has 1 saturated heterocycles. The molecule has 2 aromatic rings. The summed E-state index contributed by atoms with van der Waals surface area (Å²) in [7, 11) is 0. The van der Waals surface area contributed by atoms with Crippen LogP contribution in [0.5, 0.6) is 0 Å². The third-order valence-corrected chi connectivity index (χ3v) is 3.45. The van der Waals surface area contributed by atoms with Crippen LogP contribution >= 0.6 is 0 Å². The number of aliphatic hydroxyl groups excluding tert-OH is 1. The van der Waals surface area contributed by atoms with Crippen LogP contribution < -0.4 is 5.56 Å². The van der Waals surface area contributed by atoms with Crippen LogP contribution in [0.1, 0.15) is 12.6 Å². The first-order valence-electron chi connectivity index (χ1n) is 5.49. The van der Waals surface area contributed by atoms with Crippen LogP contribution in [0.4, 0.5) is 0 Å². The van der Waals surface area contributed by atoms with E-state index >= 15 is 0 Å². The molecule has 0 aromatic carbocycles. The Balaban J connectivity index is 2.07. The number of nitrogens with zero attached hydrogens (tertiary/aromatic N) is 4. The second kappa shape index (κ2) is 2.93. The maximum absolute atomic E-state index is 11.6. The van der Waals surface area contributed by atoms with E-state index in [0.717, 1.165) is 5.65 Å². The zero-order valence-electron chi connectivity index (χ0n) is 8.85. The van der Waals surface area contributed by atoms with E-state index in [1.54, 1.807) is 10.9 Å². The molecule has 2 bridgehead atoms. The maximum Gasteiger partial charge on any atom is 0.300 e. The maximum atomic E-state index is 11.6. The number of hydrogen-bond donors (Lipinski definition) is 1. The number of rotatable bonds is 0. The van der Waals surface area contributed by atoms with E-state index in [-0.39, 0.29) is 17.9 Å². The first-order valence-corrected chi connectivity index (χ1v) is 5.49. The molecule has 0 saturated carbocycles. The topological polar surface area (TPSA) is 82.2 Å². The van der Waals surface area contributed by atoms with Gasteiger partial charge in [-0.15, -0.1) is 0 Å². The fraction of sp³-hybridized carbons (Fsp3) is 0.500. The van der Waals surface area contributed by atoms with Crippen molar-refractivity contribution in [1.29, 1.82) is 0 Å². The summed E-state index contributed by atoms with van der Waals surface area (Å²) < 4.78 is 9.34. The molecule has 1 N–H and O–H groups in total. The lowest BCUT2D eigenvalue weighted by atomic mass is 10.1. The molecule has 0 spiro atoms. The third kappa shape index (κ3) is 1.10. The molecular weight excluding hydrogens is 224 g/mol. The van der Waals surface area contributed by atoms with E-state index < -0.39 is 6.10 Å². The van der Waals surface area contributed by atoms with Crippen LogP contribution in [-0.2, 0) is 11.3 Å². The summed E-state index contributed by atoms with van der Waals surface area (Å²) >= 11 is 0. The van der Waals surface area contributed by atoms with Crippen LogP contribution in [-0.4, -0.2) is 36.4 Å². The summed E-state index contributed by atoms with van der Waals surface area (Å²) in [4.78, 5) is 19.4. The molecule has 4 rings (SSSR count). The number of aliphatic hydroxyl groups is 1. The van der Waals surface area contributed by atoms with E-state index in [4.69, 9.17) is 4.74 Å².